The lowest BCUT2D eigenvalue weighted by molar-refractivity contribution is 1.17. The molecule has 0 spiro atoms. The van der Waals surface area contributed by atoms with Crippen molar-refractivity contribution in [2.45, 2.75) is 0 Å². The molecule has 0 atom stereocenters. The van der Waals surface area contributed by atoms with Crippen molar-refractivity contribution in [1.29, 1.82) is 0 Å². The van der Waals surface area contributed by atoms with Gasteiger partial charge in [-0.2, -0.15) is 0 Å². The van der Waals surface area contributed by atoms with E-state index >= 15 is 0 Å². The second-order valence-electron chi connectivity index (χ2n) is 22.0. The molecule has 4 aromatic heterocycles. The lowest BCUT2D eigenvalue weighted by atomic mass is 9.87. The number of nitrogens with zero attached hydrogens (tertiary/aromatic N) is 4. The molecule has 0 N–H and O–H groups in total. The first-order chi connectivity index (χ1) is 40.7. The van der Waals surface area contributed by atoms with Crippen LogP contribution in [0.25, 0.3) is 165 Å². The van der Waals surface area contributed by atoms with Gasteiger partial charge in [-0.25, -0.2) is 0 Å². The molecule has 0 unspecified atom stereocenters. The molecule has 18 rings (SSSR count). The summed E-state index contributed by atoms with van der Waals surface area (Å²) < 4.78 is 9.78. The third-order valence-electron chi connectivity index (χ3n) is 17.7. The van der Waals surface area contributed by atoms with Crippen LogP contribution in [0, 0.1) is 0 Å². The molecule has 4 heteroatoms. The van der Waals surface area contributed by atoms with Crippen molar-refractivity contribution in [3.8, 4) is 45.0 Å². The predicted molar refractivity (Wildman–Crippen MR) is 347 cm³/mol. The molecule has 0 aliphatic carbocycles. The fraction of sp³-hybridized carbons (Fsp3) is 0. The Morgan fingerprint density at radius 1 is 0.171 bits per heavy atom. The summed E-state index contributed by atoms with van der Waals surface area (Å²) in [5.41, 5.74) is 18.9. The van der Waals surface area contributed by atoms with E-state index in [-0.39, 0.29) is 0 Å². The van der Waals surface area contributed by atoms with Gasteiger partial charge in [0.15, 0.2) is 0 Å². The first-order valence-electron chi connectivity index (χ1n) is 28.3. The molecular weight excluding hydrogens is 993 g/mol. The van der Waals surface area contributed by atoms with Gasteiger partial charge in [0, 0.05) is 65.8 Å². The molecule has 0 saturated heterocycles. The largest absolute Gasteiger partial charge is 0.309 e. The molecule has 0 radical (unpaired) electrons. The highest BCUT2D eigenvalue weighted by Gasteiger charge is 2.23. The minimum atomic E-state index is 1.14. The maximum atomic E-state index is 2.47. The summed E-state index contributed by atoms with van der Waals surface area (Å²) in [6.45, 7) is 0. The standard InChI is InChI=1S/C78H48N4/c1-5-21-52(22-6-1)79-70-35-19-17-31-58(70)66-45-76-68(47-74(66)79)64-41-49(37-39-72(64)81(76)54-25-9-3-10-26-54)62-43-51-44-63(57-30-14-16-34-61(57)78(51)60-33-15-13-29-56(60)62)50-38-40-73-65(42-50)69-48-75-67(46-77(69)82(73)55-27-11-4-12-28-55)59-32-18-20-36-71(59)80(75)53-23-7-2-8-24-53/h1-48H. The second-order valence-corrected chi connectivity index (χ2v) is 22.0. The third-order valence-corrected chi connectivity index (χ3v) is 17.7. The van der Waals surface area contributed by atoms with Gasteiger partial charge in [0.25, 0.3) is 0 Å². The molecule has 18 aromatic rings. The smallest absolute Gasteiger partial charge is 0.0548 e. The van der Waals surface area contributed by atoms with Gasteiger partial charge >= 0.3 is 0 Å². The average molecular weight is 1040 g/mol. The SMILES string of the molecule is c1ccc(-n2c3ccccc3c3cc4c(cc32)c2cc(-c3cc5cc(-c6ccc7c(c6)c6cc8c(cc6n7-c6ccccc6)c6ccccc6n8-c6ccccc6)c6ccccc6c5c5ccccc35)ccc2n4-c2ccccc2)cc1. The third kappa shape index (κ3) is 6.43. The second kappa shape index (κ2) is 17.3. The highest BCUT2D eigenvalue weighted by molar-refractivity contribution is 6.27. The quantitative estimate of drug-likeness (QED) is 0.148. The van der Waals surface area contributed by atoms with Crippen LogP contribution < -0.4 is 0 Å². The summed E-state index contributed by atoms with van der Waals surface area (Å²) in [6.07, 6.45) is 0. The van der Waals surface area contributed by atoms with Gasteiger partial charge in [0.2, 0.25) is 0 Å². The molecule has 380 valence electrons. The van der Waals surface area contributed by atoms with Crippen molar-refractivity contribution in [2.24, 2.45) is 0 Å². The summed E-state index contributed by atoms with van der Waals surface area (Å²) in [5, 5.41) is 17.3. The average Bonchev–Trinajstić information content (AvgIpc) is 2.32. The number of para-hydroxylation sites is 6. The summed E-state index contributed by atoms with van der Waals surface area (Å²) in [5.74, 6) is 0. The lowest BCUT2D eigenvalue weighted by Crippen LogP contribution is -1.94. The molecular formula is C78H48N4. The van der Waals surface area contributed by atoms with E-state index in [2.05, 4.69) is 309 Å². The van der Waals surface area contributed by atoms with Gasteiger partial charge < -0.3 is 18.3 Å². The van der Waals surface area contributed by atoms with Crippen molar-refractivity contribution in [2.75, 3.05) is 0 Å². The van der Waals surface area contributed by atoms with E-state index in [0.717, 1.165) is 22.7 Å². The Hall–Kier alpha value is -10.9. The van der Waals surface area contributed by atoms with Gasteiger partial charge in [-0.3, -0.25) is 0 Å². The number of hydrogen-bond donors (Lipinski definition) is 0. The first kappa shape index (κ1) is 45.0. The summed E-state index contributed by atoms with van der Waals surface area (Å²) in [6, 6.07) is 108. The van der Waals surface area contributed by atoms with Crippen molar-refractivity contribution in [3.63, 3.8) is 0 Å². The fourth-order valence-corrected chi connectivity index (χ4v) is 14.2. The minimum Gasteiger partial charge on any atom is -0.309 e. The van der Waals surface area contributed by atoms with Crippen molar-refractivity contribution in [3.05, 3.63) is 291 Å². The summed E-state index contributed by atoms with van der Waals surface area (Å²) in [4.78, 5) is 0. The molecule has 0 saturated carbocycles. The van der Waals surface area contributed by atoms with E-state index in [1.54, 1.807) is 0 Å². The van der Waals surface area contributed by atoms with E-state index in [9.17, 15) is 0 Å². The molecule has 14 aromatic carbocycles. The van der Waals surface area contributed by atoms with Crippen molar-refractivity contribution >= 4 is 120 Å². The zero-order valence-electron chi connectivity index (χ0n) is 44.5. The van der Waals surface area contributed by atoms with Gasteiger partial charge in [0.05, 0.1) is 44.1 Å². The molecule has 82 heavy (non-hydrogen) atoms. The number of fused-ring (bicyclic) bond motifs is 17. The highest BCUT2D eigenvalue weighted by Crippen LogP contribution is 2.47. The lowest BCUT2D eigenvalue weighted by Gasteiger charge is -2.16. The van der Waals surface area contributed by atoms with Crippen LogP contribution in [0.15, 0.2) is 291 Å². The molecule has 0 fully saturated rings. The zero-order valence-corrected chi connectivity index (χ0v) is 44.5. The fourth-order valence-electron chi connectivity index (χ4n) is 14.2. The first-order valence-corrected chi connectivity index (χ1v) is 28.3. The van der Waals surface area contributed by atoms with E-state index in [4.69, 9.17) is 0 Å². The molecule has 0 bridgehead atoms. The molecule has 0 aliphatic heterocycles. The van der Waals surface area contributed by atoms with E-state index in [1.165, 1.54) is 142 Å². The number of hydrogen-bond acceptors (Lipinski definition) is 0. The Morgan fingerprint density at radius 3 is 0.793 bits per heavy atom. The van der Waals surface area contributed by atoms with Gasteiger partial charge in [-0.15, -0.1) is 0 Å². The Labute approximate surface area is 471 Å². The monoisotopic (exact) mass is 1040 g/mol. The summed E-state index contributed by atoms with van der Waals surface area (Å²) >= 11 is 0. The summed E-state index contributed by atoms with van der Waals surface area (Å²) in [7, 11) is 0. The van der Waals surface area contributed by atoms with E-state index < -0.39 is 0 Å². The van der Waals surface area contributed by atoms with Gasteiger partial charge in [-0.05, 0) is 176 Å². The molecule has 0 aliphatic rings. The Kier molecular flexibility index (Phi) is 9.48. The topological polar surface area (TPSA) is 19.7 Å². The van der Waals surface area contributed by atoms with Crippen LogP contribution in [-0.4, -0.2) is 18.3 Å². The van der Waals surface area contributed by atoms with Crippen LogP contribution in [0.5, 0.6) is 0 Å². The highest BCUT2D eigenvalue weighted by atomic mass is 15.0. The van der Waals surface area contributed by atoms with Gasteiger partial charge in [0.1, 0.15) is 0 Å². The van der Waals surface area contributed by atoms with Crippen LogP contribution in [0.1, 0.15) is 0 Å². The minimum absolute atomic E-state index is 1.14. The van der Waals surface area contributed by atoms with Crippen LogP contribution in [0.3, 0.4) is 0 Å². The van der Waals surface area contributed by atoms with Crippen LogP contribution in [0.2, 0.25) is 0 Å². The molecule has 0 amide bonds. The van der Waals surface area contributed by atoms with Crippen molar-refractivity contribution < 1.29 is 0 Å². The van der Waals surface area contributed by atoms with Crippen LogP contribution >= 0.6 is 0 Å². The Bertz CT molecular complexity index is 5320. The molecule has 4 nitrogen and oxygen atoms in total. The van der Waals surface area contributed by atoms with Crippen LogP contribution in [-0.2, 0) is 0 Å². The van der Waals surface area contributed by atoms with Crippen LogP contribution in [0.4, 0.5) is 0 Å². The van der Waals surface area contributed by atoms with E-state index in [0.29, 0.717) is 0 Å². The number of benzene rings is 14. The van der Waals surface area contributed by atoms with E-state index in [1.807, 2.05) is 0 Å². The molecule has 4 heterocycles. The normalized spacial score (nSPS) is 12.1. The Balaban J connectivity index is 0.883. The maximum Gasteiger partial charge on any atom is 0.0548 e. The van der Waals surface area contributed by atoms with Crippen molar-refractivity contribution in [1.82, 2.24) is 18.3 Å². The number of aromatic nitrogens is 4. The zero-order chi connectivity index (χ0) is 53.6. The number of rotatable bonds is 6. The Morgan fingerprint density at radius 2 is 0.439 bits per heavy atom. The van der Waals surface area contributed by atoms with Gasteiger partial charge in [-0.1, -0.05) is 170 Å². The predicted octanol–water partition coefficient (Wildman–Crippen LogP) is 20.9. The maximum absolute atomic E-state index is 2.47.